The third-order valence-corrected chi connectivity index (χ3v) is 6.50. The van der Waals surface area contributed by atoms with Crippen molar-refractivity contribution in [2.45, 2.75) is 45.3 Å². The molecule has 2 aromatic carbocycles. The van der Waals surface area contributed by atoms with E-state index in [0.717, 1.165) is 11.1 Å². The van der Waals surface area contributed by atoms with Gasteiger partial charge < -0.3 is 9.47 Å². The summed E-state index contributed by atoms with van der Waals surface area (Å²) < 4.78 is 11.5. The number of rotatable bonds is 8. The predicted molar refractivity (Wildman–Crippen MR) is 127 cm³/mol. The summed E-state index contributed by atoms with van der Waals surface area (Å²) in [6.45, 7) is 7.74. The molecule has 0 heterocycles. The van der Waals surface area contributed by atoms with Gasteiger partial charge in [-0.15, -0.1) is 23.2 Å². The van der Waals surface area contributed by atoms with Crippen LogP contribution in [0.25, 0.3) is 0 Å². The summed E-state index contributed by atoms with van der Waals surface area (Å²) in [5.74, 6) is 1.48. The standard InChI is InChI=1S/C21H22Cl6O2/c1-11(9-22)28-19-15(24)5-13(6-16(19)25)21(3,4)14-7-17(26)20(18(27)8-14)29-12(2)10-23/h5-8,11-12H,9-10H2,1-4H3. The molecule has 2 rings (SSSR count). The zero-order valence-corrected chi connectivity index (χ0v) is 21.0. The minimum absolute atomic E-state index is 0.217. The van der Waals surface area contributed by atoms with Crippen LogP contribution < -0.4 is 9.47 Å². The Bertz CT molecular complexity index is 753. The van der Waals surface area contributed by atoms with Crippen LogP contribution in [0.4, 0.5) is 0 Å². The first-order chi connectivity index (χ1) is 13.5. The van der Waals surface area contributed by atoms with Gasteiger partial charge in [-0.05, 0) is 49.2 Å². The van der Waals surface area contributed by atoms with Crippen molar-refractivity contribution in [3.05, 3.63) is 55.5 Å². The Balaban J connectivity index is 2.45. The first-order valence-corrected chi connectivity index (χ1v) is 11.5. The van der Waals surface area contributed by atoms with Gasteiger partial charge in [-0.25, -0.2) is 0 Å². The topological polar surface area (TPSA) is 18.5 Å². The fraction of sp³-hybridized carbons (Fsp3) is 0.429. The molecule has 0 fully saturated rings. The first-order valence-electron chi connectivity index (χ1n) is 8.95. The Morgan fingerprint density at radius 2 is 0.966 bits per heavy atom. The van der Waals surface area contributed by atoms with E-state index in [4.69, 9.17) is 79.1 Å². The summed E-state index contributed by atoms with van der Waals surface area (Å²) in [6, 6.07) is 7.30. The minimum Gasteiger partial charge on any atom is -0.486 e. The van der Waals surface area contributed by atoms with Crippen molar-refractivity contribution >= 4 is 69.6 Å². The number of hydrogen-bond acceptors (Lipinski definition) is 2. The van der Waals surface area contributed by atoms with Crippen molar-refractivity contribution in [3.8, 4) is 11.5 Å². The number of ether oxygens (including phenoxy) is 2. The molecule has 2 nitrogen and oxygen atoms in total. The fourth-order valence-corrected chi connectivity index (χ4v) is 3.98. The average molecular weight is 519 g/mol. The Morgan fingerprint density at radius 3 is 1.21 bits per heavy atom. The van der Waals surface area contributed by atoms with Crippen LogP contribution in [0.1, 0.15) is 38.8 Å². The monoisotopic (exact) mass is 516 g/mol. The zero-order chi connectivity index (χ0) is 21.9. The van der Waals surface area contributed by atoms with Gasteiger partial charge in [0, 0.05) is 5.41 Å². The van der Waals surface area contributed by atoms with Crippen LogP contribution in [0.2, 0.25) is 20.1 Å². The van der Waals surface area contributed by atoms with Crippen LogP contribution in [0.15, 0.2) is 24.3 Å². The summed E-state index contributed by atoms with van der Waals surface area (Å²) in [5, 5.41) is 1.63. The van der Waals surface area contributed by atoms with Crippen LogP contribution in [0.5, 0.6) is 11.5 Å². The molecular formula is C21H22Cl6O2. The lowest BCUT2D eigenvalue weighted by atomic mass is 9.78. The molecule has 160 valence electrons. The quantitative estimate of drug-likeness (QED) is 0.325. The molecule has 2 atom stereocenters. The van der Waals surface area contributed by atoms with Crippen molar-refractivity contribution in [1.82, 2.24) is 0 Å². The van der Waals surface area contributed by atoms with E-state index in [1.807, 2.05) is 52.0 Å². The predicted octanol–water partition coefficient (Wildman–Crippen LogP) is 8.64. The van der Waals surface area contributed by atoms with Gasteiger partial charge in [-0.1, -0.05) is 60.3 Å². The molecule has 0 aliphatic rings. The van der Waals surface area contributed by atoms with Crippen LogP contribution in [0.3, 0.4) is 0 Å². The Kier molecular flexibility index (Phi) is 8.98. The molecule has 0 saturated carbocycles. The molecule has 2 unspecified atom stereocenters. The van der Waals surface area contributed by atoms with Gasteiger partial charge in [0.05, 0.1) is 31.9 Å². The smallest absolute Gasteiger partial charge is 0.156 e. The largest absolute Gasteiger partial charge is 0.486 e. The van der Waals surface area contributed by atoms with E-state index in [1.165, 1.54) is 0 Å². The van der Waals surface area contributed by atoms with Gasteiger partial charge >= 0.3 is 0 Å². The maximum Gasteiger partial charge on any atom is 0.156 e. The van der Waals surface area contributed by atoms with E-state index in [-0.39, 0.29) is 12.2 Å². The molecule has 0 radical (unpaired) electrons. The highest BCUT2D eigenvalue weighted by Gasteiger charge is 2.28. The number of halogens is 6. The fourth-order valence-electron chi connectivity index (χ4n) is 2.70. The molecule has 0 bridgehead atoms. The van der Waals surface area contributed by atoms with Crippen molar-refractivity contribution < 1.29 is 9.47 Å². The van der Waals surface area contributed by atoms with Crippen molar-refractivity contribution in [1.29, 1.82) is 0 Å². The second-order valence-electron chi connectivity index (χ2n) is 7.33. The highest BCUT2D eigenvalue weighted by atomic mass is 35.5. The SMILES string of the molecule is CC(CCl)Oc1c(Cl)cc(C(C)(C)c2cc(Cl)c(OC(C)CCl)c(Cl)c2)cc1Cl. The molecule has 0 spiro atoms. The lowest BCUT2D eigenvalue weighted by Crippen LogP contribution is -2.20. The van der Waals surface area contributed by atoms with E-state index in [0.29, 0.717) is 43.3 Å². The van der Waals surface area contributed by atoms with Gasteiger partial charge in [0.2, 0.25) is 0 Å². The van der Waals surface area contributed by atoms with Gasteiger partial charge in [-0.2, -0.15) is 0 Å². The molecule has 0 aliphatic carbocycles. The first kappa shape index (κ1) is 25.0. The van der Waals surface area contributed by atoms with E-state index >= 15 is 0 Å². The van der Waals surface area contributed by atoms with E-state index in [9.17, 15) is 0 Å². The lowest BCUT2D eigenvalue weighted by molar-refractivity contribution is 0.245. The molecular weight excluding hydrogens is 497 g/mol. The number of alkyl halides is 2. The molecule has 0 aliphatic heterocycles. The van der Waals surface area contributed by atoms with Crippen LogP contribution >= 0.6 is 69.6 Å². The van der Waals surface area contributed by atoms with Crippen LogP contribution in [-0.2, 0) is 5.41 Å². The molecule has 8 heteroatoms. The second-order valence-corrected chi connectivity index (χ2v) is 9.57. The normalized spacial score (nSPS) is 13.9. The van der Waals surface area contributed by atoms with Crippen LogP contribution in [-0.4, -0.2) is 24.0 Å². The second kappa shape index (κ2) is 10.4. The summed E-state index contributed by atoms with van der Waals surface area (Å²) in [6.07, 6.45) is -0.433. The van der Waals surface area contributed by atoms with Crippen LogP contribution in [0, 0.1) is 0 Å². The Hall–Kier alpha value is -0.220. The maximum atomic E-state index is 6.45. The molecule has 0 saturated heterocycles. The van der Waals surface area contributed by atoms with Gasteiger partial charge in [0.15, 0.2) is 11.5 Å². The molecule has 0 N–H and O–H groups in total. The van der Waals surface area contributed by atoms with E-state index in [2.05, 4.69) is 0 Å². The van der Waals surface area contributed by atoms with Crippen molar-refractivity contribution in [2.75, 3.05) is 11.8 Å². The van der Waals surface area contributed by atoms with E-state index in [1.54, 1.807) is 0 Å². The Labute approximate surface area is 202 Å². The highest BCUT2D eigenvalue weighted by molar-refractivity contribution is 6.38. The summed E-state index contributed by atoms with van der Waals surface area (Å²) in [7, 11) is 0. The number of hydrogen-bond donors (Lipinski definition) is 0. The average Bonchev–Trinajstić information content (AvgIpc) is 2.66. The number of benzene rings is 2. The zero-order valence-electron chi connectivity index (χ0n) is 16.5. The third-order valence-electron chi connectivity index (χ3n) is 4.51. The van der Waals surface area contributed by atoms with E-state index < -0.39 is 5.41 Å². The van der Waals surface area contributed by atoms with Crippen molar-refractivity contribution in [2.24, 2.45) is 0 Å². The summed E-state index contributed by atoms with van der Waals surface area (Å²) in [5.41, 5.74) is 1.27. The van der Waals surface area contributed by atoms with Crippen molar-refractivity contribution in [3.63, 3.8) is 0 Å². The van der Waals surface area contributed by atoms with Gasteiger partial charge in [0.25, 0.3) is 0 Å². The molecule has 2 aromatic rings. The van der Waals surface area contributed by atoms with Gasteiger partial charge in [-0.3, -0.25) is 0 Å². The molecule has 0 amide bonds. The maximum absolute atomic E-state index is 6.45. The Morgan fingerprint density at radius 1 is 0.690 bits per heavy atom. The molecule has 29 heavy (non-hydrogen) atoms. The minimum atomic E-state index is -0.492. The highest BCUT2D eigenvalue weighted by Crippen LogP contribution is 2.44. The third kappa shape index (κ3) is 5.93. The summed E-state index contributed by atoms with van der Waals surface area (Å²) >= 11 is 37.5. The lowest BCUT2D eigenvalue weighted by Gasteiger charge is -2.28. The van der Waals surface area contributed by atoms with Gasteiger partial charge in [0.1, 0.15) is 12.2 Å². The summed E-state index contributed by atoms with van der Waals surface area (Å²) in [4.78, 5) is 0. The molecule has 0 aromatic heterocycles.